The molecule has 6 heteroatoms. The lowest BCUT2D eigenvalue weighted by atomic mass is 10.0. The predicted molar refractivity (Wildman–Crippen MR) is 74.5 cm³/mol. The van der Waals surface area contributed by atoms with E-state index in [1.54, 1.807) is 27.7 Å². The van der Waals surface area contributed by atoms with Gasteiger partial charge in [0.1, 0.15) is 0 Å². The monoisotopic (exact) mass is 294 g/mol. The van der Waals surface area contributed by atoms with Crippen molar-refractivity contribution in [2.24, 2.45) is 0 Å². The maximum atomic E-state index is 11.8. The van der Waals surface area contributed by atoms with Crippen LogP contribution in [-0.4, -0.2) is 35.2 Å². The highest BCUT2D eigenvalue weighted by Gasteiger charge is 2.21. The fraction of sp³-hybridized carbons (Fsp3) is 0.400. The Morgan fingerprint density at radius 1 is 0.905 bits per heavy atom. The number of carbonyl (C=O) groups excluding carboxylic acids is 2. The summed E-state index contributed by atoms with van der Waals surface area (Å²) in [5.74, 6) is -2.70. The number of rotatable bonds is 5. The van der Waals surface area contributed by atoms with Gasteiger partial charge in [0, 0.05) is 0 Å². The number of hydrogen-bond acceptors (Lipinski definition) is 5. The van der Waals surface area contributed by atoms with Gasteiger partial charge in [-0.3, -0.25) is 0 Å². The predicted octanol–water partition coefficient (Wildman–Crippen LogP) is 2.52. The van der Waals surface area contributed by atoms with E-state index < -0.39 is 17.9 Å². The Bertz CT molecular complexity index is 559. The summed E-state index contributed by atoms with van der Waals surface area (Å²) in [6.07, 6.45) is -0.693. The van der Waals surface area contributed by atoms with Gasteiger partial charge in [-0.1, -0.05) is 0 Å². The Morgan fingerprint density at radius 2 is 1.43 bits per heavy atom. The SMILES string of the molecule is CC(C)OC(=O)c1ccc(C(=O)OC(C)C)c(C(=O)O)c1. The van der Waals surface area contributed by atoms with Gasteiger partial charge in [-0.05, 0) is 45.9 Å². The molecule has 0 amide bonds. The number of carboxylic acid groups (broad SMARTS) is 1. The third-order valence-electron chi connectivity index (χ3n) is 2.39. The number of benzene rings is 1. The summed E-state index contributed by atoms with van der Waals surface area (Å²) in [7, 11) is 0. The van der Waals surface area contributed by atoms with Gasteiger partial charge in [-0.15, -0.1) is 0 Å². The van der Waals surface area contributed by atoms with Crippen molar-refractivity contribution in [2.75, 3.05) is 0 Å². The molecule has 0 saturated heterocycles. The minimum Gasteiger partial charge on any atom is -0.478 e. The lowest BCUT2D eigenvalue weighted by Crippen LogP contribution is -2.17. The third kappa shape index (κ3) is 4.59. The average Bonchev–Trinajstić information content (AvgIpc) is 2.36. The highest BCUT2D eigenvalue weighted by atomic mass is 16.5. The molecule has 0 saturated carbocycles. The topological polar surface area (TPSA) is 89.9 Å². The second kappa shape index (κ2) is 6.88. The highest BCUT2D eigenvalue weighted by molar-refractivity contribution is 6.04. The molecular weight excluding hydrogens is 276 g/mol. The molecule has 0 fully saturated rings. The maximum absolute atomic E-state index is 11.8. The average molecular weight is 294 g/mol. The molecule has 0 bridgehead atoms. The van der Waals surface area contributed by atoms with Crippen LogP contribution >= 0.6 is 0 Å². The lowest BCUT2D eigenvalue weighted by molar-refractivity contribution is 0.0358. The van der Waals surface area contributed by atoms with Crippen molar-refractivity contribution in [3.05, 3.63) is 34.9 Å². The van der Waals surface area contributed by atoms with Gasteiger partial charge >= 0.3 is 17.9 Å². The van der Waals surface area contributed by atoms with Crippen LogP contribution in [0.3, 0.4) is 0 Å². The molecule has 1 aromatic carbocycles. The minimum atomic E-state index is -1.31. The highest BCUT2D eigenvalue weighted by Crippen LogP contribution is 2.16. The molecule has 0 radical (unpaired) electrons. The first-order valence-electron chi connectivity index (χ1n) is 6.51. The second-order valence-corrected chi connectivity index (χ2v) is 4.97. The summed E-state index contributed by atoms with van der Waals surface area (Å²) in [4.78, 5) is 34.8. The van der Waals surface area contributed by atoms with Crippen molar-refractivity contribution in [3.8, 4) is 0 Å². The summed E-state index contributed by atoms with van der Waals surface area (Å²) in [6, 6.07) is 3.71. The first-order chi connectivity index (χ1) is 9.72. The molecule has 0 heterocycles. The number of ether oxygens (including phenoxy) is 2. The van der Waals surface area contributed by atoms with E-state index in [-0.39, 0.29) is 28.9 Å². The molecule has 1 rings (SSSR count). The minimum absolute atomic E-state index is 0.0715. The summed E-state index contributed by atoms with van der Waals surface area (Å²) in [5.41, 5.74) is -0.321. The Hall–Kier alpha value is -2.37. The zero-order valence-electron chi connectivity index (χ0n) is 12.4. The van der Waals surface area contributed by atoms with E-state index in [9.17, 15) is 19.5 Å². The largest absolute Gasteiger partial charge is 0.478 e. The normalized spacial score (nSPS) is 10.6. The van der Waals surface area contributed by atoms with E-state index in [1.165, 1.54) is 12.1 Å². The Morgan fingerprint density at radius 3 is 1.90 bits per heavy atom. The van der Waals surface area contributed by atoms with Crippen LogP contribution in [0.5, 0.6) is 0 Å². The van der Waals surface area contributed by atoms with Gasteiger partial charge in [0.05, 0.1) is 28.9 Å². The van der Waals surface area contributed by atoms with Gasteiger partial charge < -0.3 is 14.6 Å². The molecule has 21 heavy (non-hydrogen) atoms. The molecule has 6 nitrogen and oxygen atoms in total. The van der Waals surface area contributed by atoms with E-state index in [4.69, 9.17) is 9.47 Å². The Labute approximate surface area is 122 Å². The van der Waals surface area contributed by atoms with E-state index in [2.05, 4.69) is 0 Å². The molecule has 1 aromatic rings. The first-order valence-corrected chi connectivity index (χ1v) is 6.51. The molecular formula is C15H18O6. The van der Waals surface area contributed by atoms with Crippen LogP contribution in [0.1, 0.15) is 58.8 Å². The quantitative estimate of drug-likeness (QED) is 0.839. The molecule has 1 N–H and O–H groups in total. The number of carboxylic acids is 1. The van der Waals surface area contributed by atoms with Crippen LogP contribution in [0.25, 0.3) is 0 Å². The second-order valence-electron chi connectivity index (χ2n) is 4.97. The van der Waals surface area contributed by atoms with Crippen molar-refractivity contribution in [1.82, 2.24) is 0 Å². The van der Waals surface area contributed by atoms with Crippen molar-refractivity contribution in [3.63, 3.8) is 0 Å². The van der Waals surface area contributed by atoms with E-state index in [1.807, 2.05) is 0 Å². The zero-order valence-corrected chi connectivity index (χ0v) is 12.4. The van der Waals surface area contributed by atoms with E-state index in [0.29, 0.717) is 0 Å². The number of hydrogen-bond donors (Lipinski definition) is 1. The zero-order chi connectivity index (χ0) is 16.2. The molecule has 0 aliphatic carbocycles. The molecule has 114 valence electrons. The van der Waals surface area contributed by atoms with E-state index in [0.717, 1.165) is 6.07 Å². The third-order valence-corrected chi connectivity index (χ3v) is 2.39. The fourth-order valence-electron chi connectivity index (χ4n) is 1.59. The van der Waals surface area contributed by atoms with Crippen molar-refractivity contribution < 1.29 is 29.0 Å². The van der Waals surface area contributed by atoms with Crippen LogP contribution in [0, 0.1) is 0 Å². The number of esters is 2. The first kappa shape index (κ1) is 16.7. The van der Waals surface area contributed by atoms with Crippen molar-refractivity contribution in [1.29, 1.82) is 0 Å². The van der Waals surface area contributed by atoms with Gasteiger partial charge in [0.25, 0.3) is 0 Å². The molecule has 0 unspecified atom stereocenters. The summed E-state index contributed by atoms with van der Waals surface area (Å²) in [5, 5.41) is 9.18. The Balaban J connectivity index is 3.16. The van der Waals surface area contributed by atoms with Gasteiger partial charge in [0.2, 0.25) is 0 Å². The van der Waals surface area contributed by atoms with Gasteiger partial charge in [0.15, 0.2) is 0 Å². The van der Waals surface area contributed by atoms with Crippen LogP contribution in [-0.2, 0) is 9.47 Å². The summed E-state index contributed by atoms with van der Waals surface area (Å²) in [6.45, 7) is 6.69. The van der Waals surface area contributed by atoms with Crippen LogP contribution < -0.4 is 0 Å². The maximum Gasteiger partial charge on any atom is 0.339 e. The number of carbonyl (C=O) groups is 3. The van der Waals surface area contributed by atoms with Crippen molar-refractivity contribution >= 4 is 17.9 Å². The summed E-state index contributed by atoms with van der Waals surface area (Å²) >= 11 is 0. The van der Waals surface area contributed by atoms with Crippen molar-refractivity contribution in [2.45, 2.75) is 39.9 Å². The summed E-state index contributed by atoms with van der Waals surface area (Å²) < 4.78 is 9.96. The molecule has 0 aliphatic rings. The van der Waals surface area contributed by atoms with Gasteiger partial charge in [-0.25, -0.2) is 14.4 Å². The van der Waals surface area contributed by atoms with Crippen LogP contribution in [0.15, 0.2) is 18.2 Å². The molecule has 0 aliphatic heterocycles. The molecule has 0 spiro atoms. The number of aromatic carboxylic acids is 1. The van der Waals surface area contributed by atoms with Crippen LogP contribution in [0.4, 0.5) is 0 Å². The lowest BCUT2D eigenvalue weighted by Gasteiger charge is -2.12. The van der Waals surface area contributed by atoms with Gasteiger partial charge in [-0.2, -0.15) is 0 Å². The fourth-order valence-corrected chi connectivity index (χ4v) is 1.59. The van der Waals surface area contributed by atoms with E-state index >= 15 is 0 Å². The molecule has 0 aromatic heterocycles. The standard InChI is InChI=1S/C15H18O6/c1-8(2)20-14(18)10-5-6-11(12(7-10)13(16)17)15(19)21-9(3)4/h5-9H,1-4H3,(H,16,17). The van der Waals surface area contributed by atoms with Crippen LogP contribution in [0.2, 0.25) is 0 Å². The molecule has 0 atom stereocenters. The Kier molecular flexibility index (Phi) is 5.46. The smallest absolute Gasteiger partial charge is 0.339 e.